The summed E-state index contributed by atoms with van der Waals surface area (Å²) >= 11 is 0. The highest BCUT2D eigenvalue weighted by Crippen LogP contribution is 2.03. The largest absolute Gasteiger partial charge is 0.364 e. The lowest BCUT2D eigenvalue weighted by Crippen LogP contribution is -2.37. The van der Waals surface area contributed by atoms with Crippen LogP contribution >= 0.6 is 0 Å². The Balaban J connectivity index is 2.22. The van der Waals surface area contributed by atoms with Gasteiger partial charge >= 0.3 is 6.03 Å². The predicted octanol–water partition coefficient (Wildman–Crippen LogP) is 1.44. The van der Waals surface area contributed by atoms with E-state index in [0.717, 1.165) is 6.42 Å². The van der Waals surface area contributed by atoms with E-state index in [-0.39, 0.29) is 12.8 Å². The maximum Gasteiger partial charge on any atom is 0.316 e. The molecule has 0 heterocycles. The first-order valence-electron chi connectivity index (χ1n) is 5.28. The van der Waals surface area contributed by atoms with Gasteiger partial charge in [-0.1, -0.05) is 29.8 Å². The fourth-order valence-corrected chi connectivity index (χ4v) is 1.39. The Morgan fingerprint density at radius 2 is 2.19 bits per heavy atom. The third kappa shape index (κ3) is 4.79. The fraction of sp³-hybridized carbons (Fsp3) is 0.417. The summed E-state index contributed by atoms with van der Waals surface area (Å²) in [5, 5.41) is 5.31. The van der Waals surface area contributed by atoms with Gasteiger partial charge in [0, 0.05) is 13.7 Å². The summed E-state index contributed by atoms with van der Waals surface area (Å²) in [5.41, 5.74) is 2.47. The van der Waals surface area contributed by atoms with Gasteiger partial charge in [0.05, 0.1) is 0 Å². The van der Waals surface area contributed by atoms with Crippen molar-refractivity contribution in [1.82, 2.24) is 10.6 Å². The zero-order valence-corrected chi connectivity index (χ0v) is 9.75. The zero-order chi connectivity index (χ0) is 11.8. The van der Waals surface area contributed by atoms with Gasteiger partial charge < -0.3 is 15.4 Å². The van der Waals surface area contributed by atoms with Gasteiger partial charge in [-0.15, -0.1) is 0 Å². The Kier molecular flexibility index (Phi) is 5.36. The molecule has 0 unspecified atom stereocenters. The van der Waals surface area contributed by atoms with Gasteiger partial charge in [-0.05, 0) is 18.9 Å². The summed E-state index contributed by atoms with van der Waals surface area (Å²) in [6, 6.07) is 8.06. The molecule has 4 heteroatoms. The molecular weight excluding hydrogens is 204 g/mol. The van der Waals surface area contributed by atoms with Crippen LogP contribution in [0.5, 0.6) is 0 Å². The maximum absolute atomic E-state index is 11.2. The van der Waals surface area contributed by atoms with Crippen LogP contribution in [-0.2, 0) is 11.2 Å². The van der Waals surface area contributed by atoms with Crippen LogP contribution in [0.15, 0.2) is 24.3 Å². The number of amides is 2. The Hall–Kier alpha value is -1.55. The summed E-state index contributed by atoms with van der Waals surface area (Å²) in [6.07, 6.45) is 0.835. The predicted molar refractivity (Wildman–Crippen MR) is 63.3 cm³/mol. The topological polar surface area (TPSA) is 50.4 Å². The first-order chi connectivity index (χ1) is 7.72. The summed E-state index contributed by atoms with van der Waals surface area (Å²) in [4.78, 5) is 11.2. The van der Waals surface area contributed by atoms with Crippen LogP contribution in [0.25, 0.3) is 0 Å². The number of carbonyl (C=O) groups is 1. The van der Waals surface area contributed by atoms with E-state index in [0.29, 0.717) is 6.54 Å². The third-order valence-corrected chi connectivity index (χ3v) is 2.16. The van der Waals surface area contributed by atoms with Gasteiger partial charge in [0.2, 0.25) is 0 Å². The summed E-state index contributed by atoms with van der Waals surface area (Å²) in [5.74, 6) is 0. The molecular formula is C12H18N2O2. The molecule has 0 aliphatic carbocycles. The van der Waals surface area contributed by atoms with Crippen molar-refractivity contribution in [1.29, 1.82) is 0 Å². The third-order valence-electron chi connectivity index (χ3n) is 2.16. The second-order valence-corrected chi connectivity index (χ2v) is 3.60. The normalized spacial score (nSPS) is 9.88. The second-order valence-electron chi connectivity index (χ2n) is 3.60. The Bertz CT molecular complexity index is 340. The van der Waals surface area contributed by atoms with E-state index < -0.39 is 0 Å². The van der Waals surface area contributed by atoms with Crippen molar-refractivity contribution in [2.45, 2.75) is 13.3 Å². The molecule has 0 atom stereocenters. The average molecular weight is 222 g/mol. The number of rotatable bonds is 5. The fourth-order valence-electron chi connectivity index (χ4n) is 1.39. The van der Waals surface area contributed by atoms with Gasteiger partial charge in [0.1, 0.15) is 6.73 Å². The van der Waals surface area contributed by atoms with Crippen molar-refractivity contribution in [2.75, 3.05) is 20.4 Å². The number of carbonyl (C=O) groups excluding carboxylic acids is 1. The molecule has 2 amide bonds. The summed E-state index contributed by atoms with van der Waals surface area (Å²) in [7, 11) is 1.53. The van der Waals surface area contributed by atoms with E-state index in [2.05, 4.69) is 35.8 Å². The molecule has 0 spiro atoms. The number of hydrogen-bond acceptors (Lipinski definition) is 2. The molecule has 1 aromatic carbocycles. The molecule has 4 nitrogen and oxygen atoms in total. The van der Waals surface area contributed by atoms with Crippen LogP contribution in [0.1, 0.15) is 11.1 Å². The van der Waals surface area contributed by atoms with Crippen LogP contribution < -0.4 is 10.6 Å². The van der Waals surface area contributed by atoms with E-state index in [4.69, 9.17) is 4.74 Å². The van der Waals surface area contributed by atoms with Crippen molar-refractivity contribution in [3.8, 4) is 0 Å². The van der Waals surface area contributed by atoms with Gasteiger partial charge in [-0.3, -0.25) is 0 Å². The number of ether oxygens (including phenoxy) is 1. The number of benzene rings is 1. The Labute approximate surface area is 96.0 Å². The average Bonchev–Trinajstić information content (AvgIpc) is 2.26. The number of aryl methyl sites for hydroxylation is 1. The molecule has 0 radical (unpaired) electrons. The van der Waals surface area contributed by atoms with E-state index >= 15 is 0 Å². The van der Waals surface area contributed by atoms with Gasteiger partial charge in [0.15, 0.2) is 0 Å². The molecule has 1 rings (SSSR count). The minimum absolute atomic E-state index is 0.200. The molecule has 0 saturated carbocycles. The monoisotopic (exact) mass is 222 g/mol. The highest BCUT2D eigenvalue weighted by atomic mass is 16.5. The molecule has 0 saturated heterocycles. The standard InChI is InChI=1S/C12H18N2O2/c1-10-4-3-5-11(8-10)6-7-13-12(15)14-9-16-2/h3-5,8H,6-7,9H2,1-2H3,(H2,13,14,15). The van der Waals surface area contributed by atoms with Crippen LogP contribution in [0.2, 0.25) is 0 Å². The Morgan fingerprint density at radius 1 is 1.38 bits per heavy atom. The smallest absolute Gasteiger partial charge is 0.316 e. The first-order valence-corrected chi connectivity index (χ1v) is 5.28. The van der Waals surface area contributed by atoms with Crippen molar-refractivity contribution in [3.05, 3.63) is 35.4 Å². The van der Waals surface area contributed by atoms with Crippen LogP contribution in [-0.4, -0.2) is 26.4 Å². The van der Waals surface area contributed by atoms with E-state index in [1.165, 1.54) is 18.2 Å². The molecule has 0 aliphatic heterocycles. The number of hydrogen-bond donors (Lipinski definition) is 2. The van der Waals surface area contributed by atoms with Gasteiger partial charge in [0.25, 0.3) is 0 Å². The molecule has 0 aromatic heterocycles. The molecule has 0 fully saturated rings. The number of methoxy groups -OCH3 is 1. The van der Waals surface area contributed by atoms with Crippen molar-refractivity contribution < 1.29 is 9.53 Å². The number of nitrogens with one attached hydrogen (secondary N) is 2. The molecule has 0 bridgehead atoms. The van der Waals surface area contributed by atoms with Crippen molar-refractivity contribution in [3.63, 3.8) is 0 Å². The van der Waals surface area contributed by atoms with Crippen molar-refractivity contribution >= 4 is 6.03 Å². The second kappa shape index (κ2) is 6.85. The highest BCUT2D eigenvalue weighted by molar-refractivity contribution is 5.73. The Morgan fingerprint density at radius 3 is 2.88 bits per heavy atom. The van der Waals surface area contributed by atoms with Crippen LogP contribution in [0, 0.1) is 6.92 Å². The molecule has 1 aromatic rings. The van der Waals surface area contributed by atoms with Gasteiger partial charge in [-0.2, -0.15) is 0 Å². The van der Waals surface area contributed by atoms with Crippen LogP contribution in [0.4, 0.5) is 4.79 Å². The lowest BCUT2D eigenvalue weighted by molar-refractivity contribution is 0.172. The highest BCUT2D eigenvalue weighted by Gasteiger charge is 1.98. The quantitative estimate of drug-likeness (QED) is 0.741. The van der Waals surface area contributed by atoms with Crippen LogP contribution in [0.3, 0.4) is 0 Å². The number of urea groups is 1. The van der Waals surface area contributed by atoms with E-state index in [1.807, 2.05) is 6.07 Å². The van der Waals surface area contributed by atoms with Gasteiger partial charge in [-0.25, -0.2) is 4.79 Å². The molecule has 0 aliphatic rings. The SMILES string of the molecule is COCNC(=O)NCCc1cccc(C)c1. The summed E-state index contributed by atoms with van der Waals surface area (Å²) < 4.78 is 4.72. The lowest BCUT2D eigenvalue weighted by Gasteiger charge is -2.07. The lowest BCUT2D eigenvalue weighted by atomic mass is 10.1. The first kappa shape index (κ1) is 12.5. The molecule has 16 heavy (non-hydrogen) atoms. The zero-order valence-electron chi connectivity index (χ0n) is 9.75. The molecule has 2 N–H and O–H groups in total. The van der Waals surface area contributed by atoms with E-state index in [9.17, 15) is 4.79 Å². The van der Waals surface area contributed by atoms with E-state index in [1.54, 1.807) is 0 Å². The minimum atomic E-state index is -0.200. The van der Waals surface area contributed by atoms with Crippen molar-refractivity contribution in [2.24, 2.45) is 0 Å². The maximum atomic E-state index is 11.2. The minimum Gasteiger partial charge on any atom is -0.364 e. The molecule has 88 valence electrons. The summed E-state index contributed by atoms with van der Waals surface area (Å²) in [6.45, 7) is 2.91.